The summed E-state index contributed by atoms with van der Waals surface area (Å²) in [6.45, 7) is 0. The summed E-state index contributed by atoms with van der Waals surface area (Å²) in [7, 11) is -3.78. The molecule has 0 bridgehead atoms. The zero-order valence-electron chi connectivity index (χ0n) is 9.52. The molecule has 0 saturated heterocycles. The highest BCUT2D eigenvalue weighted by atomic mass is 35.5. The molecule has 1 heterocycles. The van der Waals surface area contributed by atoms with E-state index in [9.17, 15) is 8.42 Å². The van der Waals surface area contributed by atoms with Crippen LogP contribution in [0.3, 0.4) is 0 Å². The normalized spacial score (nSPS) is 11.5. The van der Waals surface area contributed by atoms with Gasteiger partial charge in [-0.1, -0.05) is 35.0 Å². The molecule has 0 aliphatic rings. The van der Waals surface area contributed by atoms with Crippen molar-refractivity contribution in [1.29, 1.82) is 0 Å². The van der Waals surface area contributed by atoms with E-state index in [1.165, 1.54) is 30.0 Å². The predicted octanol–water partition coefficient (Wildman–Crippen LogP) is 2.63. The maximum atomic E-state index is 12.1. The van der Waals surface area contributed by atoms with Crippen molar-refractivity contribution in [2.24, 2.45) is 0 Å². The fourth-order valence-corrected chi connectivity index (χ4v) is 2.88. The van der Waals surface area contributed by atoms with E-state index in [2.05, 4.69) is 19.9 Å². The summed E-state index contributed by atoms with van der Waals surface area (Å²) >= 11 is 12.8. The van der Waals surface area contributed by atoms with Gasteiger partial charge in [0, 0.05) is 0 Å². The molecule has 10 heteroatoms. The fourth-order valence-electron chi connectivity index (χ4n) is 1.21. The average molecular weight is 339 g/mol. The number of sulfonamides is 1. The summed E-state index contributed by atoms with van der Waals surface area (Å²) < 4.78 is 26.4. The fraction of sp³-hybridized carbons (Fsp3) is 0.111. The summed E-state index contributed by atoms with van der Waals surface area (Å²) in [5.74, 6) is 0.0374. The second-order valence-corrected chi connectivity index (χ2v) is 6.62. The lowest BCUT2D eigenvalue weighted by molar-refractivity contribution is 0.601. The number of aromatic nitrogens is 3. The number of rotatable bonds is 4. The van der Waals surface area contributed by atoms with E-state index in [1.54, 1.807) is 6.26 Å². The Hall–Kier alpha value is -0.960. The standard InChI is InChI=1S/C9H8Cl2N4O2S2/c1-18-9-12-8(13-14-9)15-19(16,17)5-2-3-6(10)7(11)4-5/h2-4H,1H3,(H2,12,13,14,15). The highest BCUT2D eigenvalue weighted by Crippen LogP contribution is 2.25. The molecule has 0 aliphatic carbocycles. The lowest BCUT2D eigenvalue weighted by atomic mass is 10.4. The maximum Gasteiger partial charge on any atom is 0.264 e. The minimum atomic E-state index is -3.78. The molecule has 19 heavy (non-hydrogen) atoms. The topological polar surface area (TPSA) is 87.7 Å². The Morgan fingerprint density at radius 3 is 2.63 bits per heavy atom. The first-order chi connectivity index (χ1) is 8.92. The number of aromatic amines is 1. The second-order valence-electron chi connectivity index (χ2n) is 3.35. The van der Waals surface area contributed by atoms with Gasteiger partial charge in [0.05, 0.1) is 14.9 Å². The summed E-state index contributed by atoms with van der Waals surface area (Å²) in [5.41, 5.74) is 0. The summed E-state index contributed by atoms with van der Waals surface area (Å²) in [5, 5.41) is 7.15. The van der Waals surface area contributed by atoms with Crippen LogP contribution in [-0.2, 0) is 10.0 Å². The third-order valence-electron chi connectivity index (χ3n) is 2.08. The number of H-pyrrole nitrogens is 1. The zero-order valence-corrected chi connectivity index (χ0v) is 12.7. The molecule has 2 N–H and O–H groups in total. The van der Waals surface area contributed by atoms with Crippen molar-refractivity contribution in [2.45, 2.75) is 10.1 Å². The Kier molecular flexibility index (Phi) is 4.24. The van der Waals surface area contributed by atoms with Crippen molar-refractivity contribution in [2.75, 3.05) is 11.0 Å². The SMILES string of the molecule is CSc1n[nH]c(NS(=O)(=O)c2ccc(Cl)c(Cl)c2)n1. The highest BCUT2D eigenvalue weighted by Gasteiger charge is 2.17. The van der Waals surface area contributed by atoms with Gasteiger partial charge in [-0.15, -0.1) is 5.10 Å². The van der Waals surface area contributed by atoms with Crippen LogP contribution in [0.4, 0.5) is 5.95 Å². The number of hydrogen-bond donors (Lipinski definition) is 2. The van der Waals surface area contributed by atoms with E-state index in [0.29, 0.717) is 5.16 Å². The molecule has 1 aromatic heterocycles. The van der Waals surface area contributed by atoms with E-state index >= 15 is 0 Å². The predicted molar refractivity (Wildman–Crippen MR) is 75.4 cm³/mol. The van der Waals surface area contributed by atoms with Gasteiger partial charge < -0.3 is 0 Å². The Morgan fingerprint density at radius 1 is 1.32 bits per heavy atom. The number of nitrogens with one attached hydrogen (secondary N) is 2. The van der Waals surface area contributed by atoms with E-state index in [4.69, 9.17) is 23.2 Å². The lowest BCUT2D eigenvalue weighted by Gasteiger charge is -2.05. The molecule has 6 nitrogen and oxygen atoms in total. The first kappa shape index (κ1) is 14.4. The number of halogens is 2. The first-order valence-electron chi connectivity index (χ1n) is 4.86. The van der Waals surface area contributed by atoms with Gasteiger partial charge in [0.15, 0.2) is 0 Å². The quantitative estimate of drug-likeness (QED) is 0.836. The molecule has 0 atom stereocenters. The number of thioether (sulfide) groups is 1. The van der Waals surface area contributed by atoms with E-state index in [0.717, 1.165) is 0 Å². The maximum absolute atomic E-state index is 12.1. The number of nitrogens with zero attached hydrogens (tertiary/aromatic N) is 2. The molecule has 0 radical (unpaired) electrons. The van der Waals surface area contributed by atoms with Crippen molar-refractivity contribution in [3.05, 3.63) is 28.2 Å². The molecule has 0 saturated carbocycles. The van der Waals surface area contributed by atoms with Gasteiger partial charge in [-0.3, -0.25) is 0 Å². The van der Waals surface area contributed by atoms with E-state index < -0.39 is 10.0 Å². The minimum absolute atomic E-state index is 0.0102. The molecule has 2 rings (SSSR count). The van der Waals surface area contributed by atoms with Gasteiger partial charge in [-0.25, -0.2) is 18.2 Å². The molecule has 0 unspecified atom stereocenters. The van der Waals surface area contributed by atoms with Crippen LogP contribution in [0.1, 0.15) is 0 Å². The molecule has 0 aliphatic heterocycles. The van der Waals surface area contributed by atoms with Crippen LogP contribution in [0.2, 0.25) is 10.0 Å². The lowest BCUT2D eigenvalue weighted by Crippen LogP contribution is -2.14. The van der Waals surface area contributed by atoms with Crippen LogP contribution in [0.25, 0.3) is 0 Å². The van der Waals surface area contributed by atoms with Crippen LogP contribution in [0, 0.1) is 0 Å². The molecule has 1 aromatic carbocycles. The molecule has 0 spiro atoms. The van der Waals surface area contributed by atoms with Crippen LogP contribution in [0.15, 0.2) is 28.3 Å². The van der Waals surface area contributed by atoms with Crippen LogP contribution < -0.4 is 4.72 Å². The highest BCUT2D eigenvalue weighted by molar-refractivity contribution is 7.98. The zero-order chi connectivity index (χ0) is 14.0. The van der Waals surface area contributed by atoms with Crippen LogP contribution in [0.5, 0.6) is 0 Å². The van der Waals surface area contributed by atoms with Crippen molar-refractivity contribution in [3.8, 4) is 0 Å². The summed E-state index contributed by atoms with van der Waals surface area (Å²) in [6.07, 6.45) is 1.78. The smallest absolute Gasteiger partial charge is 0.248 e. The minimum Gasteiger partial charge on any atom is -0.248 e. The third-order valence-corrected chi connectivity index (χ3v) is 4.70. The number of benzene rings is 1. The number of anilines is 1. The second kappa shape index (κ2) is 5.58. The Bertz CT molecular complexity index is 702. The van der Waals surface area contributed by atoms with Gasteiger partial charge in [0.1, 0.15) is 0 Å². The van der Waals surface area contributed by atoms with Gasteiger partial charge >= 0.3 is 0 Å². The van der Waals surface area contributed by atoms with Crippen LogP contribution in [-0.4, -0.2) is 29.9 Å². The Labute approximate surface area is 124 Å². The van der Waals surface area contributed by atoms with Gasteiger partial charge in [-0.05, 0) is 24.5 Å². The molecular weight excluding hydrogens is 331 g/mol. The monoisotopic (exact) mass is 338 g/mol. The molecule has 2 aromatic rings. The van der Waals surface area contributed by atoms with Gasteiger partial charge in [0.25, 0.3) is 10.0 Å². The summed E-state index contributed by atoms with van der Waals surface area (Å²) in [6, 6.07) is 4.02. The van der Waals surface area contributed by atoms with Crippen molar-refractivity contribution in [3.63, 3.8) is 0 Å². The van der Waals surface area contributed by atoms with Crippen LogP contribution >= 0.6 is 35.0 Å². The number of hydrogen-bond acceptors (Lipinski definition) is 5. The van der Waals surface area contributed by atoms with Crippen molar-refractivity contribution < 1.29 is 8.42 Å². The Morgan fingerprint density at radius 2 is 2.05 bits per heavy atom. The first-order valence-corrected chi connectivity index (χ1v) is 8.33. The largest absolute Gasteiger partial charge is 0.264 e. The van der Waals surface area contributed by atoms with Gasteiger partial charge in [0.2, 0.25) is 11.1 Å². The molecule has 0 amide bonds. The molecular formula is C9H8Cl2N4O2S2. The molecule has 0 fully saturated rings. The third kappa shape index (κ3) is 3.33. The Balaban J connectivity index is 2.29. The summed E-state index contributed by atoms with van der Waals surface area (Å²) in [4.78, 5) is 3.92. The van der Waals surface area contributed by atoms with Crippen molar-refractivity contribution >= 4 is 50.9 Å². The van der Waals surface area contributed by atoms with E-state index in [-0.39, 0.29) is 20.9 Å². The average Bonchev–Trinajstić information content (AvgIpc) is 2.79. The van der Waals surface area contributed by atoms with E-state index in [1.807, 2.05) is 0 Å². The van der Waals surface area contributed by atoms with Gasteiger partial charge in [-0.2, -0.15) is 4.98 Å². The molecule has 102 valence electrons. The van der Waals surface area contributed by atoms with Crippen molar-refractivity contribution in [1.82, 2.24) is 15.2 Å².